The van der Waals surface area contributed by atoms with E-state index in [0.717, 1.165) is 5.76 Å². The maximum Gasteiger partial charge on any atom is 0.232 e. The molecule has 0 aliphatic carbocycles. The maximum absolute atomic E-state index is 12.9. The van der Waals surface area contributed by atoms with Gasteiger partial charge in [0.05, 0.1) is 6.20 Å². The Bertz CT molecular complexity index is 851. The molecule has 0 aliphatic rings. The van der Waals surface area contributed by atoms with E-state index in [1.54, 1.807) is 30.5 Å². The van der Waals surface area contributed by atoms with Crippen molar-refractivity contribution in [2.24, 2.45) is 0 Å². The molecule has 0 amide bonds. The Morgan fingerprint density at radius 1 is 1.08 bits per heavy atom. The molecule has 0 N–H and O–H groups in total. The lowest BCUT2D eigenvalue weighted by Crippen LogP contribution is -2.01. The molecule has 3 rings (SSSR count). The van der Waals surface area contributed by atoms with Crippen LogP contribution in [0.15, 0.2) is 59.1 Å². The van der Waals surface area contributed by atoms with Crippen LogP contribution in [-0.4, -0.2) is 10.8 Å². The van der Waals surface area contributed by atoms with Crippen LogP contribution in [0.4, 0.5) is 4.39 Å². The normalized spacial score (nSPS) is 10.9. The highest BCUT2D eigenvalue weighted by molar-refractivity contribution is 6.08. The van der Waals surface area contributed by atoms with E-state index in [1.807, 2.05) is 13.8 Å². The Morgan fingerprint density at radius 2 is 1.68 bits per heavy atom. The molecule has 0 saturated heterocycles. The number of rotatable bonds is 6. The van der Waals surface area contributed by atoms with Crippen LogP contribution in [0.1, 0.15) is 47.3 Å². The predicted octanol–water partition coefficient (Wildman–Crippen LogP) is 4.75. The minimum atomic E-state index is -0.368. The van der Waals surface area contributed by atoms with Crippen molar-refractivity contribution in [2.75, 3.05) is 0 Å². The number of carbonyl (C=O) groups is 1. The third-order valence-corrected chi connectivity index (χ3v) is 3.73. The molecule has 0 spiro atoms. The number of benzene rings is 2. The number of hydrogen-bond acceptors (Lipinski definition) is 4. The van der Waals surface area contributed by atoms with Gasteiger partial charge in [0.2, 0.25) is 5.89 Å². The fourth-order valence-corrected chi connectivity index (χ4v) is 2.27. The second-order valence-corrected chi connectivity index (χ2v) is 5.96. The second-order valence-electron chi connectivity index (χ2n) is 5.96. The molecule has 2 aromatic carbocycles. The molecule has 128 valence electrons. The number of hydrogen-bond donors (Lipinski definition) is 0. The first-order valence-corrected chi connectivity index (χ1v) is 8.00. The average molecular weight is 339 g/mol. The molecule has 1 heterocycles. The zero-order valence-electron chi connectivity index (χ0n) is 14.0. The average Bonchev–Trinajstić information content (AvgIpc) is 3.10. The Morgan fingerprint density at radius 3 is 2.24 bits per heavy atom. The molecule has 0 saturated carbocycles. The van der Waals surface area contributed by atoms with Crippen molar-refractivity contribution in [3.63, 3.8) is 0 Å². The van der Waals surface area contributed by atoms with Crippen LogP contribution in [0.3, 0.4) is 0 Å². The van der Waals surface area contributed by atoms with Gasteiger partial charge in [0.1, 0.15) is 17.3 Å². The Labute approximate surface area is 145 Å². The van der Waals surface area contributed by atoms with Gasteiger partial charge in [0, 0.05) is 17.0 Å². The summed E-state index contributed by atoms with van der Waals surface area (Å²) in [7, 11) is 0. The highest BCUT2D eigenvalue weighted by Crippen LogP contribution is 2.19. The van der Waals surface area contributed by atoms with Gasteiger partial charge < -0.3 is 9.15 Å². The maximum atomic E-state index is 12.9. The fraction of sp³-hybridized carbons (Fsp3) is 0.200. The summed E-state index contributed by atoms with van der Waals surface area (Å²) < 4.78 is 24.1. The second kappa shape index (κ2) is 7.30. The third-order valence-electron chi connectivity index (χ3n) is 3.73. The first kappa shape index (κ1) is 16.9. The van der Waals surface area contributed by atoms with Crippen LogP contribution in [0.5, 0.6) is 5.75 Å². The number of nitrogens with zero attached hydrogens (tertiary/aromatic N) is 1. The standard InChI is InChI=1S/C20H18FNO3/c1-13(2)18-11-22-19(25-18)12-24-17-9-5-15(6-10-17)20(23)14-3-7-16(21)8-4-14/h3-11,13H,12H2,1-2H3. The summed E-state index contributed by atoms with van der Waals surface area (Å²) in [5.41, 5.74) is 0.952. The van der Waals surface area contributed by atoms with E-state index in [-0.39, 0.29) is 24.1 Å². The lowest BCUT2D eigenvalue weighted by molar-refractivity contribution is 0.103. The van der Waals surface area contributed by atoms with E-state index in [4.69, 9.17) is 9.15 Å². The van der Waals surface area contributed by atoms with Crippen molar-refractivity contribution in [1.82, 2.24) is 4.98 Å². The Hall–Kier alpha value is -2.95. The summed E-state index contributed by atoms with van der Waals surface area (Å²) in [6, 6.07) is 12.3. The van der Waals surface area contributed by atoms with Gasteiger partial charge in [-0.25, -0.2) is 9.37 Å². The highest BCUT2D eigenvalue weighted by atomic mass is 19.1. The molecule has 25 heavy (non-hydrogen) atoms. The molecule has 0 fully saturated rings. The zero-order valence-corrected chi connectivity index (χ0v) is 14.0. The van der Waals surface area contributed by atoms with Crippen molar-refractivity contribution in [3.05, 3.63) is 83.3 Å². The van der Waals surface area contributed by atoms with Gasteiger partial charge in [-0.1, -0.05) is 13.8 Å². The summed E-state index contributed by atoms with van der Waals surface area (Å²) in [5.74, 6) is 1.68. The summed E-state index contributed by atoms with van der Waals surface area (Å²) in [6.45, 7) is 4.28. The summed E-state index contributed by atoms with van der Waals surface area (Å²) in [4.78, 5) is 16.5. The molecule has 3 aromatic rings. The lowest BCUT2D eigenvalue weighted by Gasteiger charge is -2.05. The van der Waals surface area contributed by atoms with Crippen molar-refractivity contribution >= 4 is 5.78 Å². The summed E-state index contributed by atoms with van der Waals surface area (Å²) in [5, 5.41) is 0. The van der Waals surface area contributed by atoms with Crippen molar-refractivity contribution in [2.45, 2.75) is 26.4 Å². The van der Waals surface area contributed by atoms with E-state index in [9.17, 15) is 9.18 Å². The van der Waals surface area contributed by atoms with E-state index in [1.165, 1.54) is 24.3 Å². The lowest BCUT2D eigenvalue weighted by atomic mass is 10.0. The van der Waals surface area contributed by atoms with Crippen LogP contribution >= 0.6 is 0 Å². The smallest absolute Gasteiger partial charge is 0.232 e. The topological polar surface area (TPSA) is 52.3 Å². The van der Waals surface area contributed by atoms with E-state index in [2.05, 4.69) is 4.98 Å². The molecule has 0 bridgehead atoms. The van der Waals surface area contributed by atoms with E-state index >= 15 is 0 Å². The number of ketones is 1. The SMILES string of the molecule is CC(C)c1cnc(COc2ccc(C(=O)c3ccc(F)cc3)cc2)o1. The van der Waals surface area contributed by atoms with Crippen LogP contribution in [-0.2, 0) is 6.61 Å². The fourth-order valence-electron chi connectivity index (χ4n) is 2.27. The van der Waals surface area contributed by atoms with Crippen LogP contribution in [0.2, 0.25) is 0 Å². The van der Waals surface area contributed by atoms with Gasteiger partial charge in [-0.15, -0.1) is 0 Å². The van der Waals surface area contributed by atoms with Crippen molar-refractivity contribution in [1.29, 1.82) is 0 Å². The predicted molar refractivity (Wildman–Crippen MR) is 91.2 cm³/mol. The van der Waals surface area contributed by atoms with Gasteiger partial charge in [0.25, 0.3) is 0 Å². The highest BCUT2D eigenvalue weighted by Gasteiger charge is 2.10. The number of oxazole rings is 1. The van der Waals surface area contributed by atoms with E-state index in [0.29, 0.717) is 22.8 Å². The molecular weight excluding hydrogens is 321 g/mol. The Balaban J connectivity index is 1.63. The van der Waals surface area contributed by atoms with Crippen LogP contribution in [0.25, 0.3) is 0 Å². The molecule has 0 unspecified atom stereocenters. The van der Waals surface area contributed by atoms with Crippen molar-refractivity contribution < 1.29 is 18.3 Å². The van der Waals surface area contributed by atoms with Gasteiger partial charge in [0.15, 0.2) is 12.4 Å². The van der Waals surface area contributed by atoms with Crippen molar-refractivity contribution in [3.8, 4) is 5.75 Å². The zero-order chi connectivity index (χ0) is 17.8. The molecule has 5 heteroatoms. The van der Waals surface area contributed by atoms with Gasteiger partial charge >= 0.3 is 0 Å². The number of halogens is 1. The quantitative estimate of drug-likeness (QED) is 0.608. The molecule has 0 aliphatic heterocycles. The summed E-state index contributed by atoms with van der Waals surface area (Å²) in [6.07, 6.45) is 1.70. The van der Waals surface area contributed by atoms with Crippen LogP contribution < -0.4 is 4.74 Å². The first-order chi connectivity index (χ1) is 12.0. The largest absolute Gasteiger partial charge is 0.484 e. The van der Waals surface area contributed by atoms with Gasteiger partial charge in [-0.05, 0) is 48.5 Å². The molecule has 4 nitrogen and oxygen atoms in total. The number of aromatic nitrogens is 1. The first-order valence-electron chi connectivity index (χ1n) is 8.00. The van der Waals surface area contributed by atoms with Gasteiger partial charge in [-0.2, -0.15) is 0 Å². The minimum absolute atomic E-state index is 0.166. The number of carbonyl (C=O) groups excluding carboxylic acids is 1. The minimum Gasteiger partial charge on any atom is -0.484 e. The Kier molecular flexibility index (Phi) is 4.93. The van der Waals surface area contributed by atoms with Gasteiger partial charge in [-0.3, -0.25) is 4.79 Å². The van der Waals surface area contributed by atoms with E-state index < -0.39 is 0 Å². The molecule has 0 atom stereocenters. The molecule has 0 radical (unpaired) electrons. The van der Waals surface area contributed by atoms with Crippen LogP contribution in [0, 0.1) is 5.82 Å². The monoisotopic (exact) mass is 339 g/mol. The molecular formula is C20H18FNO3. The third kappa shape index (κ3) is 4.12. The molecule has 1 aromatic heterocycles. The summed E-state index contributed by atoms with van der Waals surface area (Å²) >= 11 is 0. The number of ether oxygens (including phenoxy) is 1.